The minimum atomic E-state index is -0.272. The zero-order valence-corrected chi connectivity index (χ0v) is 45.2. The highest BCUT2D eigenvalue weighted by atomic mass is 35.5. The van der Waals surface area contributed by atoms with Gasteiger partial charge in [0.05, 0.1) is 21.4 Å². The van der Waals surface area contributed by atoms with E-state index in [4.69, 9.17) is 89.0 Å². The van der Waals surface area contributed by atoms with Crippen molar-refractivity contribution in [2.45, 2.75) is 51.7 Å². The maximum Gasteiger partial charge on any atom is 0.271 e. The first-order valence-electron chi connectivity index (χ1n) is 24.7. The predicted molar refractivity (Wildman–Crippen MR) is 304 cm³/mol. The van der Waals surface area contributed by atoms with Crippen LogP contribution >= 0.6 is 69.6 Å². The minimum absolute atomic E-state index is 0.0840. The lowest BCUT2D eigenvalue weighted by Crippen LogP contribution is -2.45. The van der Waals surface area contributed by atoms with Gasteiger partial charge in [0.15, 0.2) is 0 Å². The number of nitrogens with one attached hydrogen (secondary N) is 1. The van der Waals surface area contributed by atoms with E-state index in [1.54, 1.807) is 36.4 Å². The zero-order valence-electron chi connectivity index (χ0n) is 40.7. The molecule has 0 aliphatic carbocycles. The number of rotatable bonds is 13. The van der Waals surface area contributed by atoms with Crippen LogP contribution in [0.15, 0.2) is 158 Å². The molecule has 2 saturated heterocycles. The number of hydrazine groups is 1. The molecule has 2 amide bonds. The van der Waals surface area contributed by atoms with E-state index in [0.717, 1.165) is 98.1 Å². The van der Waals surface area contributed by atoms with E-state index in [9.17, 15) is 9.59 Å². The summed E-state index contributed by atoms with van der Waals surface area (Å²) in [7, 11) is 0. The van der Waals surface area contributed by atoms with E-state index in [-0.39, 0.29) is 36.8 Å². The molecule has 15 heteroatoms. The van der Waals surface area contributed by atoms with Gasteiger partial charge in [0.25, 0.3) is 11.8 Å². The molecular formula is C60H51Cl6N5O4. The average molecular weight is 1120 g/mol. The number of benzene rings is 6. The summed E-state index contributed by atoms with van der Waals surface area (Å²) < 4.78 is 12.4. The fourth-order valence-corrected chi connectivity index (χ4v) is 10.2. The first-order valence-corrected chi connectivity index (χ1v) is 27.0. The fraction of sp³-hybridized carbons (Fsp3) is 0.200. The molecule has 0 atom stereocenters. The third-order valence-electron chi connectivity index (χ3n) is 12.8. The van der Waals surface area contributed by atoms with E-state index < -0.39 is 0 Å². The number of nitrogens with zero attached hydrogens (tertiary/aromatic N) is 4. The van der Waals surface area contributed by atoms with Crippen LogP contribution in [0.2, 0.25) is 30.1 Å². The number of ether oxygens (including phenoxy) is 2. The van der Waals surface area contributed by atoms with Crippen molar-refractivity contribution in [2.75, 3.05) is 26.2 Å². The van der Waals surface area contributed by atoms with Crippen LogP contribution in [0.4, 0.5) is 0 Å². The van der Waals surface area contributed by atoms with Crippen molar-refractivity contribution >= 4 is 81.4 Å². The highest BCUT2D eigenvalue weighted by Crippen LogP contribution is 2.41. The molecule has 4 heterocycles. The highest BCUT2D eigenvalue weighted by molar-refractivity contribution is 6.37. The number of pyridine rings is 2. The Kier molecular flexibility index (Phi) is 18.3. The van der Waals surface area contributed by atoms with Gasteiger partial charge in [-0.1, -0.05) is 161 Å². The van der Waals surface area contributed by atoms with Gasteiger partial charge in [0.1, 0.15) is 24.3 Å². The molecule has 2 fully saturated rings. The molecule has 0 saturated carbocycles. The smallest absolute Gasteiger partial charge is 0.271 e. The molecular weight excluding hydrogens is 1070 g/mol. The lowest BCUT2D eigenvalue weighted by atomic mass is 9.97. The summed E-state index contributed by atoms with van der Waals surface area (Å²) in [6.45, 7) is 3.59. The fourth-order valence-electron chi connectivity index (χ4n) is 8.93. The van der Waals surface area contributed by atoms with Gasteiger partial charge < -0.3 is 14.4 Å². The van der Waals surface area contributed by atoms with Crippen LogP contribution in [0.5, 0.6) is 11.8 Å². The van der Waals surface area contributed by atoms with Crippen molar-refractivity contribution < 1.29 is 19.1 Å². The third-order valence-corrected chi connectivity index (χ3v) is 14.4. The monoisotopic (exact) mass is 1120 g/mol. The molecule has 1 N–H and O–H groups in total. The van der Waals surface area contributed by atoms with Crippen LogP contribution in [0.1, 0.15) is 70.4 Å². The topological polar surface area (TPSA) is 96.9 Å². The molecule has 0 unspecified atom stereocenters. The SMILES string of the molecule is O=C(NN1CCCCC1)c1cc(-c2ccc(Cl)cc2)c(-c2ccc(Cl)cc2Cl)nc1OCc1ccccc1.O=C(c1cc(-c2ccc(Cl)cc2)c(-c2ccc(Cl)cc2Cl)nc1OCc1ccccc1)N1CCCCC1. The Labute approximate surface area is 467 Å². The number of likely N-dealkylation sites (tertiary alicyclic amines) is 1. The number of hydrogen-bond donors (Lipinski definition) is 1. The summed E-state index contributed by atoms with van der Waals surface area (Å²) in [5.41, 5.74) is 11.5. The number of aromatic nitrogens is 2. The van der Waals surface area contributed by atoms with E-state index >= 15 is 0 Å². The number of amides is 2. The molecule has 382 valence electrons. The number of hydrogen-bond acceptors (Lipinski definition) is 7. The van der Waals surface area contributed by atoms with Crippen LogP contribution in [0.3, 0.4) is 0 Å². The lowest BCUT2D eigenvalue weighted by molar-refractivity contribution is 0.0716. The van der Waals surface area contributed by atoms with Gasteiger partial charge in [-0.05, 0) is 127 Å². The molecule has 2 aliphatic rings. The number of halogens is 6. The van der Waals surface area contributed by atoms with Crippen molar-refractivity contribution in [3.05, 3.63) is 210 Å². The Hall–Kier alpha value is -6.14. The maximum atomic E-state index is 13.8. The first-order chi connectivity index (χ1) is 36.5. The molecule has 6 aromatic carbocycles. The molecule has 9 nitrogen and oxygen atoms in total. The van der Waals surface area contributed by atoms with Crippen molar-refractivity contribution in [3.63, 3.8) is 0 Å². The Morgan fingerprint density at radius 2 is 0.867 bits per heavy atom. The molecule has 2 aliphatic heterocycles. The second kappa shape index (κ2) is 25.6. The van der Waals surface area contributed by atoms with Crippen molar-refractivity contribution in [1.82, 2.24) is 25.3 Å². The summed E-state index contributed by atoms with van der Waals surface area (Å²) in [4.78, 5) is 39.1. The number of carbonyl (C=O) groups is 2. The lowest BCUT2D eigenvalue weighted by Gasteiger charge is -2.27. The molecule has 2 aromatic heterocycles. The Morgan fingerprint density at radius 3 is 1.32 bits per heavy atom. The van der Waals surface area contributed by atoms with Gasteiger partial charge in [0.2, 0.25) is 11.8 Å². The predicted octanol–water partition coefficient (Wildman–Crippen LogP) is 16.7. The zero-order chi connectivity index (χ0) is 52.3. The van der Waals surface area contributed by atoms with E-state index in [0.29, 0.717) is 63.8 Å². The molecule has 10 rings (SSSR count). The summed E-state index contributed by atoms with van der Waals surface area (Å²) in [5.74, 6) is 0.144. The minimum Gasteiger partial charge on any atom is -0.472 e. The standard InChI is InChI=1S/C30H26Cl3N3O2.C30H25Cl3N2O2/c31-22-11-9-21(10-12-22)25-18-26(29(37)35-36-15-5-2-6-16-36)30(38-19-20-7-3-1-4-8-20)34-28(25)24-14-13-23(32)17-27(24)33;31-22-11-9-21(10-12-22)25-18-26(30(36)35-15-5-2-6-16-35)29(37-19-20-7-3-1-4-8-20)34-28(25)24-14-13-23(32)17-27(24)33/h1,3-4,7-14,17-18H,2,5-6,15-16,19H2,(H,35,37);1,3-4,7-14,17-18H,2,5-6,15-16,19H2. The highest BCUT2D eigenvalue weighted by Gasteiger charge is 2.28. The summed E-state index contributed by atoms with van der Waals surface area (Å²) in [5, 5.41) is 5.13. The van der Waals surface area contributed by atoms with Gasteiger partial charge in [-0.3, -0.25) is 15.0 Å². The quantitative estimate of drug-likeness (QED) is 0.123. The molecule has 0 radical (unpaired) electrons. The van der Waals surface area contributed by atoms with Crippen LogP contribution in [0, 0.1) is 0 Å². The summed E-state index contributed by atoms with van der Waals surface area (Å²) in [6.07, 6.45) is 6.35. The van der Waals surface area contributed by atoms with Crippen LogP contribution in [0.25, 0.3) is 44.8 Å². The van der Waals surface area contributed by atoms with Gasteiger partial charge in [0, 0.05) is 68.5 Å². The summed E-state index contributed by atoms with van der Waals surface area (Å²) >= 11 is 38.0. The van der Waals surface area contributed by atoms with Crippen LogP contribution < -0.4 is 14.9 Å². The largest absolute Gasteiger partial charge is 0.472 e. The molecule has 75 heavy (non-hydrogen) atoms. The van der Waals surface area contributed by atoms with Gasteiger partial charge in [-0.2, -0.15) is 0 Å². The van der Waals surface area contributed by atoms with Crippen molar-refractivity contribution in [1.29, 1.82) is 0 Å². The van der Waals surface area contributed by atoms with Crippen molar-refractivity contribution in [3.8, 4) is 56.5 Å². The van der Waals surface area contributed by atoms with Gasteiger partial charge >= 0.3 is 0 Å². The molecule has 8 aromatic rings. The second-order valence-electron chi connectivity index (χ2n) is 18.1. The first kappa shape index (κ1) is 53.7. The molecule has 0 spiro atoms. The van der Waals surface area contributed by atoms with Crippen molar-refractivity contribution in [2.24, 2.45) is 0 Å². The average Bonchev–Trinajstić information content (AvgIpc) is 3.43. The van der Waals surface area contributed by atoms with Crippen LogP contribution in [-0.2, 0) is 13.2 Å². The summed E-state index contributed by atoms with van der Waals surface area (Å²) in [6, 6.07) is 48.6. The Bertz CT molecular complexity index is 3260. The number of carbonyl (C=O) groups excluding carboxylic acids is 2. The van der Waals surface area contributed by atoms with Gasteiger partial charge in [-0.15, -0.1) is 0 Å². The third kappa shape index (κ3) is 13.8. The molecule has 0 bridgehead atoms. The maximum absolute atomic E-state index is 13.8. The van der Waals surface area contributed by atoms with Gasteiger partial charge in [-0.25, -0.2) is 15.0 Å². The number of piperidine rings is 2. The van der Waals surface area contributed by atoms with E-state index in [2.05, 4.69) is 5.43 Å². The van der Waals surface area contributed by atoms with Crippen LogP contribution in [-0.4, -0.2) is 57.9 Å². The normalized spacial score (nSPS) is 13.6. The second-order valence-corrected chi connectivity index (χ2v) is 20.7. The Morgan fingerprint density at radius 1 is 0.453 bits per heavy atom. The van der Waals surface area contributed by atoms with E-state index in [1.807, 2.05) is 131 Å². The van der Waals surface area contributed by atoms with E-state index in [1.165, 1.54) is 0 Å². The Balaban J connectivity index is 0.000000184.